The predicted molar refractivity (Wildman–Crippen MR) is 41.5 cm³/mol. The van der Waals surface area contributed by atoms with Crippen LogP contribution >= 0.6 is 18.1 Å². The Morgan fingerprint density at radius 1 is 1.78 bits per heavy atom. The molecular weight excluding hydrogens is 181 g/mol. The van der Waals surface area contributed by atoms with E-state index in [1.807, 2.05) is 0 Å². The van der Waals surface area contributed by atoms with Crippen LogP contribution in [0.5, 0.6) is 0 Å². The molecule has 0 aliphatic rings. The van der Waals surface area contributed by atoms with E-state index in [-0.39, 0.29) is 5.88 Å². The Hall–Kier alpha value is 0.330. The minimum Gasteiger partial charge on any atom is -0.305 e. The molecule has 54 valence electrons. The van der Waals surface area contributed by atoms with Crippen LogP contribution in [0.1, 0.15) is 0 Å². The molecule has 0 spiro atoms. The van der Waals surface area contributed by atoms with Crippen LogP contribution in [-0.4, -0.2) is 11.8 Å². The Morgan fingerprint density at radius 2 is 2.22 bits per heavy atom. The molecule has 1 amide bonds. The van der Waals surface area contributed by atoms with Crippen molar-refractivity contribution in [1.82, 2.24) is 5.09 Å². The summed E-state index contributed by atoms with van der Waals surface area (Å²) in [7, 11) is 0. The maximum absolute atomic E-state index is 10.4. The van der Waals surface area contributed by atoms with E-state index < -0.39 is 12.4 Å². The van der Waals surface area contributed by atoms with Gasteiger partial charge in [-0.05, 0) is 11.8 Å². The second kappa shape index (κ2) is 3.49. The summed E-state index contributed by atoms with van der Waals surface area (Å²) in [6.07, 6.45) is 0. The van der Waals surface area contributed by atoms with Gasteiger partial charge in [-0.15, -0.1) is 11.6 Å². The highest BCUT2D eigenvalue weighted by atomic mass is 35.5. The van der Waals surface area contributed by atoms with Crippen molar-refractivity contribution in [3.05, 3.63) is 0 Å². The van der Waals surface area contributed by atoms with Crippen LogP contribution in [0.4, 0.5) is 0 Å². The number of nitrogens with one attached hydrogen (secondary N) is 1. The SMILES string of the molecule is NP(N)(=S)NC(=O)CCl. The number of rotatable bonds is 2. The third kappa shape index (κ3) is 6.21. The molecule has 0 aliphatic heterocycles. The number of halogens is 1. The zero-order valence-corrected chi connectivity index (χ0v) is 6.97. The summed E-state index contributed by atoms with van der Waals surface area (Å²) >= 11 is 9.61. The molecule has 9 heavy (non-hydrogen) atoms. The maximum atomic E-state index is 10.4. The van der Waals surface area contributed by atoms with Gasteiger partial charge in [-0.2, -0.15) is 0 Å². The monoisotopic (exact) mass is 187 g/mol. The van der Waals surface area contributed by atoms with Crippen molar-refractivity contribution in [3.8, 4) is 0 Å². The van der Waals surface area contributed by atoms with Crippen LogP contribution in [0.25, 0.3) is 0 Å². The minimum atomic E-state index is -2.59. The Labute approximate surface area is 63.1 Å². The van der Waals surface area contributed by atoms with Crippen molar-refractivity contribution in [3.63, 3.8) is 0 Å². The maximum Gasteiger partial charge on any atom is 0.240 e. The van der Waals surface area contributed by atoms with Crippen molar-refractivity contribution >= 4 is 35.8 Å². The second-order valence-corrected chi connectivity index (χ2v) is 5.10. The van der Waals surface area contributed by atoms with E-state index in [9.17, 15) is 4.79 Å². The molecule has 0 atom stereocenters. The zero-order valence-electron chi connectivity index (χ0n) is 4.50. The molecule has 0 aliphatic carbocycles. The summed E-state index contributed by atoms with van der Waals surface area (Å²) in [5.74, 6) is -0.586. The van der Waals surface area contributed by atoms with Crippen molar-refractivity contribution in [2.45, 2.75) is 0 Å². The smallest absolute Gasteiger partial charge is 0.240 e. The van der Waals surface area contributed by atoms with Crippen molar-refractivity contribution in [2.75, 3.05) is 5.88 Å². The summed E-state index contributed by atoms with van der Waals surface area (Å²) in [6.45, 7) is -2.59. The van der Waals surface area contributed by atoms with E-state index in [4.69, 9.17) is 22.6 Å². The van der Waals surface area contributed by atoms with Gasteiger partial charge in [-0.25, -0.2) is 0 Å². The number of nitrogens with two attached hydrogens (primary N) is 2. The Balaban J connectivity index is 3.75. The molecular formula is C2H7ClN3OPS. The molecule has 7 heteroatoms. The summed E-state index contributed by atoms with van der Waals surface area (Å²) in [6, 6.07) is 0. The molecule has 0 aromatic rings. The summed E-state index contributed by atoms with van der Waals surface area (Å²) < 4.78 is 0. The van der Waals surface area contributed by atoms with Gasteiger partial charge in [0.1, 0.15) is 5.88 Å². The van der Waals surface area contributed by atoms with E-state index in [1.165, 1.54) is 0 Å². The van der Waals surface area contributed by atoms with Gasteiger partial charge in [-0.1, -0.05) is 0 Å². The van der Waals surface area contributed by atoms with Crippen molar-refractivity contribution < 1.29 is 4.79 Å². The van der Waals surface area contributed by atoms with Crippen LogP contribution in [0.2, 0.25) is 0 Å². The minimum absolute atomic E-state index is 0.160. The largest absolute Gasteiger partial charge is 0.305 e. The number of carbonyl (C=O) groups excluding carboxylic acids is 1. The summed E-state index contributed by atoms with van der Waals surface area (Å²) in [5, 5.41) is 2.18. The number of alkyl halides is 1. The fourth-order valence-electron chi connectivity index (χ4n) is 0.225. The van der Waals surface area contributed by atoms with Gasteiger partial charge >= 0.3 is 0 Å². The van der Waals surface area contributed by atoms with Crippen LogP contribution < -0.4 is 16.1 Å². The third-order valence-corrected chi connectivity index (χ3v) is 1.54. The molecule has 0 aromatic heterocycles. The van der Waals surface area contributed by atoms with Gasteiger partial charge in [0.15, 0.2) is 6.49 Å². The van der Waals surface area contributed by atoms with E-state index >= 15 is 0 Å². The standard InChI is InChI=1S/C2H7ClN3OPS/c3-1-2(7)6-8(4,5)9/h1H2,(H5,4,5,6,7,9). The van der Waals surface area contributed by atoms with Crippen molar-refractivity contribution in [2.24, 2.45) is 11.0 Å². The van der Waals surface area contributed by atoms with Crippen LogP contribution in [0.3, 0.4) is 0 Å². The quantitative estimate of drug-likeness (QED) is 0.402. The highest BCUT2D eigenvalue weighted by molar-refractivity contribution is 8.11. The second-order valence-electron chi connectivity index (χ2n) is 1.38. The lowest BCUT2D eigenvalue weighted by Gasteiger charge is -2.09. The molecule has 0 unspecified atom stereocenters. The van der Waals surface area contributed by atoms with Crippen LogP contribution in [0.15, 0.2) is 0 Å². The Morgan fingerprint density at radius 3 is 2.33 bits per heavy atom. The molecule has 5 N–H and O–H groups in total. The molecule has 0 rings (SSSR count). The average molecular weight is 188 g/mol. The zero-order chi connectivity index (χ0) is 7.49. The van der Waals surface area contributed by atoms with Crippen LogP contribution in [-0.2, 0) is 16.6 Å². The molecule has 0 radical (unpaired) electrons. The Kier molecular flexibility index (Phi) is 3.61. The Bertz CT molecular complexity index is 156. The molecule has 0 heterocycles. The highest BCUT2D eigenvalue weighted by Gasteiger charge is 2.05. The molecule has 4 nitrogen and oxygen atoms in total. The molecule has 0 saturated heterocycles. The summed E-state index contributed by atoms with van der Waals surface area (Å²) in [4.78, 5) is 10.4. The van der Waals surface area contributed by atoms with E-state index in [0.717, 1.165) is 0 Å². The lowest BCUT2D eigenvalue weighted by atomic mass is 10.8. The fourth-order valence-corrected chi connectivity index (χ4v) is 1.16. The first-order chi connectivity index (χ1) is 3.95. The lowest BCUT2D eigenvalue weighted by Crippen LogP contribution is -2.28. The molecule has 0 aromatic carbocycles. The number of amides is 1. The van der Waals surface area contributed by atoms with Crippen LogP contribution in [0, 0.1) is 0 Å². The predicted octanol–water partition coefficient (Wildman–Crippen LogP) is -0.517. The van der Waals surface area contributed by atoms with E-state index in [2.05, 4.69) is 16.9 Å². The first kappa shape index (κ1) is 9.33. The van der Waals surface area contributed by atoms with E-state index in [1.54, 1.807) is 0 Å². The number of hydrogen-bond acceptors (Lipinski definition) is 2. The molecule has 0 bridgehead atoms. The van der Waals surface area contributed by atoms with Crippen molar-refractivity contribution in [1.29, 1.82) is 0 Å². The average Bonchev–Trinajstić information content (AvgIpc) is 1.62. The van der Waals surface area contributed by atoms with Gasteiger partial charge in [-0.3, -0.25) is 15.8 Å². The fraction of sp³-hybridized carbons (Fsp3) is 0.500. The molecule has 0 saturated carbocycles. The van der Waals surface area contributed by atoms with Gasteiger partial charge in [0.05, 0.1) is 0 Å². The topological polar surface area (TPSA) is 81.1 Å². The number of hydrogen-bond donors (Lipinski definition) is 3. The van der Waals surface area contributed by atoms with Gasteiger partial charge in [0, 0.05) is 0 Å². The first-order valence-corrected chi connectivity index (χ1v) is 5.47. The van der Waals surface area contributed by atoms with E-state index in [0.29, 0.717) is 0 Å². The third-order valence-electron chi connectivity index (χ3n) is 0.421. The van der Waals surface area contributed by atoms with Gasteiger partial charge < -0.3 is 5.09 Å². The number of carbonyl (C=O) groups is 1. The van der Waals surface area contributed by atoms with Gasteiger partial charge in [0.25, 0.3) is 0 Å². The molecule has 0 fully saturated rings. The van der Waals surface area contributed by atoms with Gasteiger partial charge in [0.2, 0.25) is 5.91 Å². The highest BCUT2D eigenvalue weighted by Crippen LogP contribution is 2.17. The summed E-state index contributed by atoms with van der Waals surface area (Å²) in [5.41, 5.74) is 10.3. The normalized spacial score (nSPS) is 11.0. The first-order valence-electron chi connectivity index (χ1n) is 2.00. The lowest BCUT2D eigenvalue weighted by molar-refractivity contribution is -0.116.